The molecule has 31 heavy (non-hydrogen) atoms. The summed E-state index contributed by atoms with van der Waals surface area (Å²) in [6.07, 6.45) is 7.14. The number of nitrogens with zero attached hydrogens (tertiary/aromatic N) is 4. The normalized spacial score (nSPS) is 19.5. The first-order valence-electron chi connectivity index (χ1n) is 11.1. The molecule has 0 bridgehead atoms. The molecule has 166 valence electrons. The van der Waals surface area contributed by atoms with E-state index in [1.54, 1.807) is 0 Å². The quantitative estimate of drug-likeness (QED) is 0.447. The molecule has 0 amide bonds. The first kappa shape index (κ1) is 21.8. The van der Waals surface area contributed by atoms with E-state index in [2.05, 4.69) is 41.0 Å². The Morgan fingerprint density at radius 3 is 2.65 bits per heavy atom. The monoisotopic (exact) mass is 441 g/mol. The van der Waals surface area contributed by atoms with Crippen LogP contribution in [0.1, 0.15) is 58.9 Å². The minimum Gasteiger partial charge on any atom is -0.349 e. The minimum atomic E-state index is -0.0837. The number of anilines is 3. The van der Waals surface area contributed by atoms with E-state index in [0.717, 1.165) is 61.4 Å². The summed E-state index contributed by atoms with van der Waals surface area (Å²) < 4.78 is 2.24. The third-order valence-electron chi connectivity index (χ3n) is 6.36. The first-order chi connectivity index (χ1) is 14.9. The molecule has 8 heteroatoms. The maximum absolute atomic E-state index is 6.20. The van der Waals surface area contributed by atoms with E-state index in [1.807, 2.05) is 30.5 Å². The van der Waals surface area contributed by atoms with Crippen molar-refractivity contribution in [2.24, 2.45) is 11.7 Å². The van der Waals surface area contributed by atoms with Gasteiger partial charge < -0.3 is 16.4 Å². The lowest BCUT2D eigenvalue weighted by atomic mass is 9.86. The van der Waals surface area contributed by atoms with Gasteiger partial charge in [0.25, 0.3) is 0 Å². The third kappa shape index (κ3) is 4.93. The Labute approximate surface area is 188 Å². The molecule has 0 saturated heterocycles. The van der Waals surface area contributed by atoms with Crippen molar-refractivity contribution in [3.63, 3.8) is 0 Å². The summed E-state index contributed by atoms with van der Waals surface area (Å²) in [6.45, 7) is 7.21. The van der Waals surface area contributed by atoms with Gasteiger partial charge in [-0.1, -0.05) is 24.6 Å². The number of halogens is 1. The van der Waals surface area contributed by atoms with Gasteiger partial charge in [-0.15, -0.1) is 0 Å². The molecule has 1 aliphatic carbocycles. The Morgan fingerprint density at radius 1 is 1.19 bits per heavy atom. The van der Waals surface area contributed by atoms with Crippen LogP contribution in [0.15, 0.2) is 30.5 Å². The molecule has 4 rings (SSSR count). The van der Waals surface area contributed by atoms with Crippen molar-refractivity contribution in [2.45, 2.75) is 64.5 Å². The highest BCUT2D eigenvalue weighted by atomic mass is 35.5. The van der Waals surface area contributed by atoms with E-state index in [-0.39, 0.29) is 5.54 Å². The van der Waals surface area contributed by atoms with E-state index in [0.29, 0.717) is 22.9 Å². The zero-order valence-electron chi connectivity index (χ0n) is 18.5. The highest BCUT2D eigenvalue weighted by molar-refractivity contribution is 6.30. The molecule has 1 aliphatic rings. The average Bonchev–Trinajstić information content (AvgIpc) is 3.10. The Hall–Kier alpha value is -2.38. The molecule has 1 fully saturated rings. The van der Waals surface area contributed by atoms with Gasteiger partial charge >= 0.3 is 0 Å². The molecule has 0 radical (unpaired) electrons. The van der Waals surface area contributed by atoms with Gasteiger partial charge in [0.15, 0.2) is 5.65 Å². The van der Waals surface area contributed by atoms with Crippen LogP contribution in [0, 0.1) is 5.92 Å². The van der Waals surface area contributed by atoms with Gasteiger partial charge in [0, 0.05) is 22.3 Å². The Kier molecular flexibility index (Phi) is 6.34. The topological polar surface area (TPSA) is 93.7 Å². The van der Waals surface area contributed by atoms with Crippen molar-refractivity contribution in [3.8, 4) is 0 Å². The lowest BCUT2D eigenvalue weighted by Crippen LogP contribution is -2.30. The van der Waals surface area contributed by atoms with Gasteiger partial charge in [-0.3, -0.25) is 4.57 Å². The number of imidazole rings is 1. The number of hydrogen-bond donors (Lipinski definition) is 3. The van der Waals surface area contributed by atoms with Crippen molar-refractivity contribution < 1.29 is 0 Å². The number of hydrogen-bond acceptors (Lipinski definition) is 6. The van der Waals surface area contributed by atoms with E-state index < -0.39 is 0 Å². The molecule has 0 atom stereocenters. The fourth-order valence-corrected chi connectivity index (χ4v) is 4.30. The van der Waals surface area contributed by atoms with Crippen LogP contribution in [-0.4, -0.2) is 31.6 Å². The number of rotatable bonds is 7. The average molecular weight is 442 g/mol. The molecule has 0 unspecified atom stereocenters. The van der Waals surface area contributed by atoms with Gasteiger partial charge in [0.1, 0.15) is 5.52 Å². The second-order valence-electron chi connectivity index (χ2n) is 9.12. The molecule has 1 saturated carbocycles. The summed E-state index contributed by atoms with van der Waals surface area (Å²) in [5.41, 5.74) is 8.38. The van der Waals surface area contributed by atoms with Crippen molar-refractivity contribution >= 4 is 40.3 Å². The lowest BCUT2D eigenvalue weighted by molar-refractivity contribution is 0.284. The molecule has 2 heterocycles. The molecule has 0 spiro atoms. The maximum Gasteiger partial charge on any atom is 0.225 e. The standard InChI is InChI=1S/C23H32ClN7/c1-4-23(2,3)30-21-26-14-19-20(29-21)31(18-10-8-15(13-25)9-11-18)22(28-19)27-17-7-5-6-16(24)12-17/h5-7,12,14-15,18H,4,8-11,13,25H2,1-3H3,(H,27,28)(H,26,29,30). The summed E-state index contributed by atoms with van der Waals surface area (Å²) in [5.74, 6) is 2.01. The number of nitrogens with two attached hydrogens (primary N) is 1. The Balaban J connectivity index is 1.74. The lowest BCUT2D eigenvalue weighted by Gasteiger charge is -2.30. The predicted molar refractivity (Wildman–Crippen MR) is 128 cm³/mol. The molecule has 1 aromatic carbocycles. The summed E-state index contributed by atoms with van der Waals surface area (Å²) in [7, 11) is 0. The number of nitrogens with one attached hydrogen (secondary N) is 2. The van der Waals surface area contributed by atoms with Crippen LogP contribution in [0.2, 0.25) is 5.02 Å². The molecular formula is C23H32ClN7. The molecular weight excluding hydrogens is 410 g/mol. The SMILES string of the molecule is CCC(C)(C)Nc1ncc2nc(Nc3cccc(Cl)c3)n(C3CCC(CN)CC3)c2n1. The zero-order chi connectivity index (χ0) is 22.0. The smallest absolute Gasteiger partial charge is 0.225 e. The van der Waals surface area contributed by atoms with E-state index in [4.69, 9.17) is 27.3 Å². The van der Waals surface area contributed by atoms with Gasteiger partial charge in [0.05, 0.1) is 6.20 Å². The zero-order valence-corrected chi connectivity index (χ0v) is 19.3. The predicted octanol–water partition coefficient (Wildman–Crippen LogP) is 5.51. The van der Waals surface area contributed by atoms with Crippen molar-refractivity contribution in [2.75, 3.05) is 17.2 Å². The second-order valence-corrected chi connectivity index (χ2v) is 9.55. The molecule has 7 nitrogen and oxygen atoms in total. The van der Waals surface area contributed by atoms with Crippen molar-refractivity contribution in [1.29, 1.82) is 0 Å². The van der Waals surface area contributed by atoms with E-state index >= 15 is 0 Å². The van der Waals surface area contributed by atoms with Crippen LogP contribution in [0.4, 0.5) is 17.6 Å². The first-order valence-corrected chi connectivity index (χ1v) is 11.5. The van der Waals surface area contributed by atoms with Crippen LogP contribution >= 0.6 is 11.6 Å². The van der Waals surface area contributed by atoms with Gasteiger partial charge in [-0.05, 0) is 76.6 Å². The molecule has 2 aromatic heterocycles. The van der Waals surface area contributed by atoms with Crippen molar-refractivity contribution in [3.05, 3.63) is 35.5 Å². The van der Waals surface area contributed by atoms with Crippen LogP contribution in [0.25, 0.3) is 11.2 Å². The van der Waals surface area contributed by atoms with Gasteiger partial charge in [-0.25, -0.2) is 9.97 Å². The fraction of sp³-hybridized carbons (Fsp3) is 0.522. The summed E-state index contributed by atoms with van der Waals surface area (Å²) in [6, 6.07) is 8.00. The van der Waals surface area contributed by atoms with Gasteiger partial charge in [-0.2, -0.15) is 4.98 Å². The highest BCUT2D eigenvalue weighted by Gasteiger charge is 2.27. The van der Waals surface area contributed by atoms with Gasteiger partial charge in [0.2, 0.25) is 11.9 Å². The van der Waals surface area contributed by atoms with E-state index in [1.165, 1.54) is 0 Å². The number of benzene rings is 1. The summed E-state index contributed by atoms with van der Waals surface area (Å²) in [5, 5.41) is 7.60. The van der Waals surface area contributed by atoms with Crippen LogP contribution in [0.5, 0.6) is 0 Å². The number of aromatic nitrogens is 4. The highest BCUT2D eigenvalue weighted by Crippen LogP contribution is 2.37. The van der Waals surface area contributed by atoms with Crippen LogP contribution in [0.3, 0.4) is 0 Å². The second kappa shape index (κ2) is 9.01. The minimum absolute atomic E-state index is 0.0837. The Morgan fingerprint density at radius 2 is 1.97 bits per heavy atom. The summed E-state index contributed by atoms with van der Waals surface area (Å²) in [4.78, 5) is 14.3. The Bertz CT molecular complexity index is 1040. The molecule has 4 N–H and O–H groups in total. The fourth-order valence-electron chi connectivity index (χ4n) is 4.11. The molecule has 0 aliphatic heterocycles. The molecule has 3 aromatic rings. The number of fused-ring (bicyclic) bond motifs is 1. The summed E-state index contributed by atoms with van der Waals surface area (Å²) >= 11 is 6.20. The van der Waals surface area contributed by atoms with Crippen LogP contribution in [-0.2, 0) is 0 Å². The van der Waals surface area contributed by atoms with Crippen molar-refractivity contribution in [1.82, 2.24) is 19.5 Å². The largest absolute Gasteiger partial charge is 0.349 e. The van der Waals surface area contributed by atoms with E-state index in [9.17, 15) is 0 Å². The van der Waals surface area contributed by atoms with Crippen LogP contribution < -0.4 is 16.4 Å². The third-order valence-corrected chi connectivity index (χ3v) is 6.60. The maximum atomic E-state index is 6.20.